The van der Waals surface area contributed by atoms with Gasteiger partial charge in [0.2, 0.25) is 5.91 Å². The van der Waals surface area contributed by atoms with Crippen LogP contribution in [0.5, 0.6) is 0 Å². The average Bonchev–Trinajstić information content (AvgIpc) is 3.06. The third kappa shape index (κ3) is 4.51. The van der Waals surface area contributed by atoms with Crippen LogP contribution in [0.1, 0.15) is 28.7 Å². The Labute approximate surface area is 159 Å². The summed E-state index contributed by atoms with van der Waals surface area (Å²) in [5.41, 5.74) is 3.08. The molecule has 1 heterocycles. The van der Waals surface area contributed by atoms with Crippen molar-refractivity contribution in [1.29, 1.82) is 0 Å². The molecule has 0 saturated heterocycles. The highest BCUT2D eigenvalue weighted by molar-refractivity contribution is 6.01. The normalized spacial score (nSPS) is 19.1. The first-order valence-corrected chi connectivity index (χ1v) is 8.62. The fraction of sp³-hybridized carbons (Fsp3) is 0.300. The molecule has 0 aliphatic carbocycles. The molecule has 1 amide bonds. The van der Waals surface area contributed by atoms with Gasteiger partial charge in [-0.25, -0.2) is 0 Å². The van der Waals surface area contributed by atoms with E-state index < -0.39 is 18.4 Å². The Hall–Kier alpha value is -2.87. The molecule has 0 bridgehead atoms. The van der Waals surface area contributed by atoms with Crippen molar-refractivity contribution in [2.45, 2.75) is 38.3 Å². The Morgan fingerprint density at radius 1 is 1.21 bits per heavy atom. The Morgan fingerprint density at radius 2 is 1.93 bits per heavy atom. The molecule has 1 unspecified atom stereocenters. The average molecular weight is 392 g/mol. The zero-order valence-electron chi connectivity index (χ0n) is 15.1. The lowest BCUT2D eigenvalue weighted by atomic mass is 10.0. The molecule has 2 N–H and O–H groups in total. The zero-order valence-corrected chi connectivity index (χ0v) is 15.1. The molecule has 1 aliphatic heterocycles. The zero-order chi connectivity index (χ0) is 20.4. The predicted molar refractivity (Wildman–Crippen MR) is 96.4 cm³/mol. The van der Waals surface area contributed by atoms with Crippen LogP contribution in [0, 0.1) is 6.92 Å². The lowest BCUT2D eigenvalue weighted by Crippen LogP contribution is -2.45. The van der Waals surface area contributed by atoms with Crippen LogP contribution in [0.25, 0.3) is 0 Å². The maximum atomic E-state index is 12.8. The Kier molecular flexibility index (Phi) is 5.42. The first-order valence-electron chi connectivity index (χ1n) is 8.62. The van der Waals surface area contributed by atoms with Gasteiger partial charge in [0.15, 0.2) is 0 Å². The molecule has 2 aromatic carbocycles. The standard InChI is InChI=1S/C20H19F3N2O3/c1-13-5-7-14(8-6-13)10-18(26)24-12-15-3-2-4-16(9-15)17-11-19(27,28-25-17)20(21,22)23/h2-9,27H,10-12H2,1H3,(H,24,26). The predicted octanol–water partition coefficient (Wildman–Crippen LogP) is 3.23. The van der Waals surface area contributed by atoms with E-state index in [1.807, 2.05) is 31.2 Å². The number of nitrogens with one attached hydrogen (secondary N) is 1. The molecule has 0 spiro atoms. The number of aliphatic hydroxyl groups is 1. The maximum absolute atomic E-state index is 12.8. The summed E-state index contributed by atoms with van der Waals surface area (Å²) in [6.45, 7) is 2.18. The monoisotopic (exact) mass is 392 g/mol. The van der Waals surface area contributed by atoms with Crippen molar-refractivity contribution in [3.05, 3.63) is 70.8 Å². The van der Waals surface area contributed by atoms with Crippen molar-refractivity contribution in [2.24, 2.45) is 5.16 Å². The van der Waals surface area contributed by atoms with Gasteiger partial charge in [0.25, 0.3) is 0 Å². The lowest BCUT2D eigenvalue weighted by Gasteiger charge is -2.22. The molecule has 3 rings (SSSR count). The van der Waals surface area contributed by atoms with Crippen LogP contribution in [-0.2, 0) is 22.6 Å². The van der Waals surface area contributed by atoms with Crippen molar-refractivity contribution in [1.82, 2.24) is 5.32 Å². The first kappa shape index (κ1) is 19.9. The van der Waals surface area contributed by atoms with Gasteiger partial charge in [-0.1, -0.05) is 53.2 Å². The van der Waals surface area contributed by atoms with E-state index >= 15 is 0 Å². The number of amides is 1. The molecule has 148 valence electrons. The van der Waals surface area contributed by atoms with E-state index in [-0.39, 0.29) is 24.6 Å². The minimum atomic E-state index is -4.94. The van der Waals surface area contributed by atoms with Gasteiger partial charge in [0.1, 0.15) is 0 Å². The topological polar surface area (TPSA) is 70.9 Å². The first-order chi connectivity index (χ1) is 13.2. The Bertz CT molecular complexity index is 894. The van der Waals surface area contributed by atoms with Crippen molar-refractivity contribution >= 4 is 11.6 Å². The second-order valence-electron chi connectivity index (χ2n) is 6.73. The smallest absolute Gasteiger partial charge is 0.352 e. The fourth-order valence-corrected chi connectivity index (χ4v) is 2.74. The molecule has 28 heavy (non-hydrogen) atoms. The van der Waals surface area contributed by atoms with Crippen LogP contribution in [0.2, 0.25) is 0 Å². The summed E-state index contributed by atoms with van der Waals surface area (Å²) in [5, 5.41) is 15.7. The highest BCUT2D eigenvalue weighted by atomic mass is 19.4. The molecule has 5 nitrogen and oxygen atoms in total. The third-order valence-electron chi connectivity index (χ3n) is 4.39. The number of carbonyl (C=O) groups excluding carboxylic acids is 1. The van der Waals surface area contributed by atoms with Gasteiger partial charge in [-0.2, -0.15) is 13.2 Å². The molecule has 1 atom stereocenters. The van der Waals surface area contributed by atoms with Crippen LogP contribution in [0.4, 0.5) is 13.2 Å². The molecule has 0 saturated carbocycles. The van der Waals surface area contributed by atoms with Crippen LogP contribution in [-0.4, -0.2) is 28.7 Å². The number of alkyl halides is 3. The van der Waals surface area contributed by atoms with Crippen LogP contribution >= 0.6 is 0 Å². The van der Waals surface area contributed by atoms with Gasteiger partial charge < -0.3 is 15.3 Å². The van der Waals surface area contributed by atoms with E-state index in [2.05, 4.69) is 15.3 Å². The highest BCUT2D eigenvalue weighted by Gasteiger charge is 2.60. The fourth-order valence-electron chi connectivity index (χ4n) is 2.74. The summed E-state index contributed by atoms with van der Waals surface area (Å²) in [4.78, 5) is 16.3. The van der Waals surface area contributed by atoms with Crippen molar-refractivity contribution in [2.75, 3.05) is 0 Å². The molecule has 1 aliphatic rings. The van der Waals surface area contributed by atoms with E-state index in [0.717, 1.165) is 11.1 Å². The summed E-state index contributed by atoms with van der Waals surface area (Å²) in [6, 6.07) is 14.2. The number of hydrogen-bond acceptors (Lipinski definition) is 4. The SMILES string of the molecule is Cc1ccc(CC(=O)NCc2cccc(C3=NOC(O)(C(F)(F)F)C3)c2)cc1. The minimum absolute atomic E-state index is 0.00680. The second kappa shape index (κ2) is 7.63. The number of hydrogen-bond donors (Lipinski definition) is 2. The van der Waals surface area contributed by atoms with E-state index in [1.54, 1.807) is 24.3 Å². The lowest BCUT2D eigenvalue weighted by molar-refractivity contribution is -0.355. The molecule has 0 radical (unpaired) electrons. The Morgan fingerprint density at radius 3 is 2.57 bits per heavy atom. The number of nitrogens with zero attached hydrogens (tertiary/aromatic N) is 1. The van der Waals surface area contributed by atoms with Gasteiger partial charge in [0.05, 0.1) is 18.6 Å². The van der Waals surface area contributed by atoms with E-state index in [9.17, 15) is 23.1 Å². The van der Waals surface area contributed by atoms with Crippen LogP contribution in [0.15, 0.2) is 53.7 Å². The van der Waals surface area contributed by atoms with Gasteiger partial charge in [-0.05, 0) is 29.7 Å². The van der Waals surface area contributed by atoms with Crippen LogP contribution < -0.4 is 5.32 Å². The summed E-state index contributed by atoms with van der Waals surface area (Å²) in [5.74, 6) is -3.47. The van der Waals surface area contributed by atoms with Gasteiger partial charge in [-0.15, -0.1) is 0 Å². The second-order valence-corrected chi connectivity index (χ2v) is 6.73. The summed E-state index contributed by atoms with van der Waals surface area (Å²) < 4.78 is 38.5. The van der Waals surface area contributed by atoms with Crippen molar-refractivity contribution in [3.8, 4) is 0 Å². The molecule has 8 heteroatoms. The van der Waals surface area contributed by atoms with E-state index in [4.69, 9.17) is 0 Å². The third-order valence-corrected chi connectivity index (χ3v) is 4.39. The number of halogens is 3. The number of benzene rings is 2. The van der Waals surface area contributed by atoms with E-state index in [0.29, 0.717) is 11.1 Å². The summed E-state index contributed by atoms with van der Waals surface area (Å²) in [6.07, 6.45) is -5.50. The van der Waals surface area contributed by atoms with Crippen LogP contribution in [0.3, 0.4) is 0 Å². The number of carbonyl (C=O) groups is 1. The largest absolute Gasteiger partial charge is 0.458 e. The quantitative estimate of drug-likeness (QED) is 0.821. The number of oxime groups is 1. The highest BCUT2D eigenvalue weighted by Crippen LogP contribution is 2.38. The van der Waals surface area contributed by atoms with Gasteiger partial charge in [0, 0.05) is 6.54 Å². The number of rotatable bonds is 5. The summed E-state index contributed by atoms with van der Waals surface area (Å²) in [7, 11) is 0. The molecular weight excluding hydrogens is 373 g/mol. The number of aryl methyl sites for hydroxylation is 1. The summed E-state index contributed by atoms with van der Waals surface area (Å²) >= 11 is 0. The Balaban J connectivity index is 1.60. The molecular formula is C20H19F3N2O3. The van der Waals surface area contributed by atoms with E-state index in [1.165, 1.54) is 0 Å². The van der Waals surface area contributed by atoms with Crippen molar-refractivity contribution in [3.63, 3.8) is 0 Å². The minimum Gasteiger partial charge on any atom is -0.352 e. The maximum Gasteiger partial charge on any atom is 0.458 e. The molecule has 0 aromatic heterocycles. The molecule has 0 fully saturated rings. The van der Waals surface area contributed by atoms with Gasteiger partial charge in [-0.3, -0.25) is 4.79 Å². The molecule has 2 aromatic rings. The van der Waals surface area contributed by atoms with Gasteiger partial charge >= 0.3 is 12.0 Å². The van der Waals surface area contributed by atoms with Crippen molar-refractivity contribution < 1.29 is 27.9 Å².